The average molecular weight is 739 g/mol. The number of hydrogen-bond acceptors (Lipinski definition) is 2. The molecule has 58 heavy (non-hydrogen) atoms. The second-order valence-electron chi connectivity index (χ2n) is 15.0. The SMILES string of the molecule is c1ccc(-c2cn3cc(-c4ccc(-c5nc6c(-c7ccc(-n8c9ccccc9c9ccccc98)cc7)cccc6c6c5ccc5ccccc56)cc4)ccc3n2)cc1. The zero-order valence-electron chi connectivity index (χ0n) is 31.4. The van der Waals surface area contributed by atoms with E-state index >= 15 is 0 Å². The lowest BCUT2D eigenvalue weighted by atomic mass is 9.92. The third-order valence-corrected chi connectivity index (χ3v) is 11.7. The summed E-state index contributed by atoms with van der Waals surface area (Å²) in [5.74, 6) is 0. The van der Waals surface area contributed by atoms with E-state index in [0.29, 0.717) is 0 Å². The van der Waals surface area contributed by atoms with Crippen molar-refractivity contribution in [1.82, 2.24) is 18.9 Å². The summed E-state index contributed by atoms with van der Waals surface area (Å²) in [6.45, 7) is 0. The molecule has 12 rings (SSSR count). The number of nitrogens with zero attached hydrogens (tertiary/aromatic N) is 4. The topological polar surface area (TPSA) is 35.1 Å². The Morgan fingerprint density at radius 2 is 1.00 bits per heavy atom. The van der Waals surface area contributed by atoms with Gasteiger partial charge in [-0.2, -0.15) is 0 Å². The first-order valence-electron chi connectivity index (χ1n) is 19.7. The van der Waals surface area contributed by atoms with E-state index in [1.165, 1.54) is 38.0 Å². The fourth-order valence-corrected chi connectivity index (χ4v) is 8.97. The Morgan fingerprint density at radius 3 is 1.78 bits per heavy atom. The van der Waals surface area contributed by atoms with Gasteiger partial charge in [-0.3, -0.25) is 0 Å². The van der Waals surface area contributed by atoms with E-state index in [-0.39, 0.29) is 0 Å². The highest BCUT2D eigenvalue weighted by Crippen LogP contribution is 2.41. The lowest BCUT2D eigenvalue weighted by Gasteiger charge is -2.16. The van der Waals surface area contributed by atoms with Crippen LogP contribution in [0.15, 0.2) is 207 Å². The Kier molecular flexibility index (Phi) is 7.20. The maximum absolute atomic E-state index is 5.57. The van der Waals surface area contributed by atoms with Crippen molar-refractivity contribution in [3.8, 4) is 50.5 Å². The van der Waals surface area contributed by atoms with E-state index in [2.05, 4.69) is 197 Å². The van der Waals surface area contributed by atoms with E-state index in [0.717, 1.165) is 72.4 Å². The van der Waals surface area contributed by atoms with Crippen molar-refractivity contribution >= 4 is 59.9 Å². The maximum atomic E-state index is 5.57. The van der Waals surface area contributed by atoms with Gasteiger partial charge in [-0.25, -0.2) is 9.97 Å². The molecule has 4 heteroatoms. The number of hydrogen-bond donors (Lipinski definition) is 0. The Morgan fingerprint density at radius 1 is 0.362 bits per heavy atom. The summed E-state index contributed by atoms with van der Waals surface area (Å²) < 4.78 is 4.48. The molecule has 8 aromatic carbocycles. The summed E-state index contributed by atoms with van der Waals surface area (Å²) in [5.41, 5.74) is 14.1. The van der Waals surface area contributed by atoms with Gasteiger partial charge >= 0.3 is 0 Å². The molecule has 270 valence electrons. The van der Waals surface area contributed by atoms with Crippen molar-refractivity contribution in [3.63, 3.8) is 0 Å². The maximum Gasteiger partial charge on any atom is 0.137 e. The fraction of sp³-hybridized carbons (Fsp3) is 0. The zero-order chi connectivity index (χ0) is 38.2. The highest BCUT2D eigenvalue weighted by molar-refractivity contribution is 6.24. The molecule has 12 aromatic rings. The molecule has 0 spiro atoms. The molecular weight excluding hydrogens is 705 g/mol. The minimum atomic E-state index is 0.926. The molecule has 0 aliphatic heterocycles. The number of para-hydroxylation sites is 3. The molecule has 0 radical (unpaired) electrons. The molecule has 0 aliphatic carbocycles. The highest BCUT2D eigenvalue weighted by Gasteiger charge is 2.17. The first-order valence-corrected chi connectivity index (χ1v) is 19.7. The van der Waals surface area contributed by atoms with Crippen LogP contribution in [0.5, 0.6) is 0 Å². The van der Waals surface area contributed by atoms with E-state index < -0.39 is 0 Å². The zero-order valence-corrected chi connectivity index (χ0v) is 31.4. The van der Waals surface area contributed by atoms with Gasteiger partial charge in [-0.05, 0) is 63.9 Å². The van der Waals surface area contributed by atoms with E-state index in [1.54, 1.807) is 0 Å². The van der Waals surface area contributed by atoms with Crippen molar-refractivity contribution in [3.05, 3.63) is 207 Å². The third-order valence-electron chi connectivity index (χ3n) is 11.7. The first-order chi connectivity index (χ1) is 28.7. The fourth-order valence-electron chi connectivity index (χ4n) is 8.97. The monoisotopic (exact) mass is 738 g/mol. The quantitative estimate of drug-likeness (QED) is 0.165. The largest absolute Gasteiger partial charge is 0.309 e. The molecule has 0 fully saturated rings. The molecule has 0 saturated carbocycles. The normalized spacial score (nSPS) is 11.8. The predicted molar refractivity (Wildman–Crippen MR) is 242 cm³/mol. The van der Waals surface area contributed by atoms with Crippen LogP contribution in [0.4, 0.5) is 0 Å². The Hall–Kier alpha value is -7.82. The standard InChI is InChI=1S/C54H34N4/c1-2-12-38(13-3-1)48-34-57-33-40(28-32-51(57)55-48)35-21-23-39(24-22-35)53-47-31-27-36-11-4-5-14-42(36)52(47)46-18-10-17-43(54(46)56-53)37-25-29-41(30-26-37)58-49-19-8-6-15-44(49)45-16-7-9-20-50(45)58/h1-34H. The first kappa shape index (κ1) is 32.4. The minimum Gasteiger partial charge on any atom is -0.309 e. The van der Waals surface area contributed by atoms with E-state index in [9.17, 15) is 0 Å². The second-order valence-corrected chi connectivity index (χ2v) is 15.0. The molecule has 0 aliphatic rings. The van der Waals surface area contributed by atoms with Crippen LogP contribution >= 0.6 is 0 Å². The summed E-state index contributed by atoms with van der Waals surface area (Å²) in [6, 6.07) is 69.5. The van der Waals surface area contributed by atoms with Gasteiger partial charge in [0.15, 0.2) is 0 Å². The lowest BCUT2D eigenvalue weighted by Crippen LogP contribution is -1.95. The van der Waals surface area contributed by atoms with Crippen LogP contribution in [0.2, 0.25) is 0 Å². The van der Waals surface area contributed by atoms with Crippen LogP contribution in [-0.2, 0) is 0 Å². The van der Waals surface area contributed by atoms with Gasteiger partial charge in [0.05, 0.1) is 27.9 Å². The van der Waals surface area contributed by atoms with Crippen molar-refractivity contribution in [2.45, 2.75) is 0 Å². The van der Waals surface area contributed by atoms with Gasteiger partial charge in [0.25, 0.3) is 0 Å². The van der Waals surface area contributed by atoms with Gasteiger partial charge in [0, 0.05) is 61.7 Å². The minimum absolute atomic E-state index is 0.926. The summed E-state index contributed by atoms with van der Waals surface area (Å²) in [6.07, 6.45) is 4.27. The molecule has 0 amide bonds. The second kappa shape index (κ2) is 12.9. The van der Waals surface area contributed by atoms with Gasteiger partial charge in [0.2, 0.25) is 0 Å². The number of benzene rings is 8. The van der Waals surface area contributed by atoms with Crippen LogP contribution in [0.25, 0.3) is 110 Å². The predicted octanol–water partition coefficient (Wildman–Crippen LogP) is 14.0. The van der Waals surface area contributed by atoms with Crippen molar-refractivity contribution in [2.75, 3.05) is 0 Å². The van der Waals surface area contributed by atoms with Gasteiger partial charge < -0.3 is 8.97 Å². The van der Waals surface area contributed by atoms with Crippen molar-refractivity contribution in [1.29, 1.82) is 0 Å². The summed E-state index contributed by atoms with van der Waals surface area (Å²) in [5, 5.41) is 8.49. The summed E-state index contributed by atoms with van der Waals surface area (Å²) >= 11 is 0. The Balaban J connectivity index is 0.988. The van der Waals surface area contributed by atoms with E-state index in [1.807, 2.05) is 18.2 Å². The molecule has 0 N–H and O–H groups in total. The van der Waals surface area contributed by atoms with Crippen LogP contribution in [0.1, 0.15) is 0 Å². The van der Waals surface area contributed by atoms with Crippen LogP contribution in [-0.4, -0.2) is 18.9 Å². The number of fused-ring (bicyclic) bond motifs is 9. The molecule has 4 aromatic heterocycles. The van der Waals surface area contributed by atoms with Gasteiger partial charge in [0.1, 0.15) is 5.65 Å². The van der Waals surface area contributed by atoms with Crippen molar-refractivity contribution < 1.29 is 0 Å². The molecule has 0 saturated heterocycles. The van der Waals surface area contributed by atoms with Crippen LogP contribution < -0.4 is 0 Å². The Labute approximate surface area is 334 Å². The summed E-state index contributed by atoms with van der Waals surface area (Å²) in [4.78, 5) is 10.4. The highest BCUT2D eigenvalue weighted by atomic mass is 15.0. The lowest BCUT2D eigenvalue weighted by molar-refractivity contribution is 1.18. The van der Waals surface area contributed by atoms with Gasteiger partial charge in [-0.1, -0.05) is 158 Å². The third kappa shape index (κ3) is 5.09. The van der Waals surface area contributed by atoms with Crippen molar-refractivity contribution in [2.24, 2.45) is 0 Å². The number of pyridine rings is 2. The van der Waals surface area contributed by atoms with E-state index in [4.69, 9.17) is 9.97 Å². The number of rotatable bonds is 5. The smallest absolute Gasteiger partial charge is 0.137 e. The molecule has 0 bridgehead atoms. The summed E-state index contributed by atoms with van der Waals surface area (Å²) in [7, 11) is 0. The molecular formula is C54H34N4. The molecule has 4 nitrogen and oxygen atoms in total. The van der Waals surface area contributed by atoms with Crippen LogP contribution in [0, 0.1) is 0 Å². The molecule has 4 heterocycles. The molecule has 0 atom stereocenters. The molecule has 0 unspecified atom stereocenters. The average Bonchev–Trinajstić information content (AvgIpc) is 3.88. The van der Waals surface area contributed by atoms with Crippen LogP contribution in [0.3, 0.4) is 0 Å². The Bertz CT molecular complexity index is 3490. The number of imidazole rings is 1. The number of aromatic nitrogens is 4. The van der Waals surface area contributed by atoms with Gasteiger partial charge in [-0.15, -0.1) is 0 Å².